The zero-order valence-electron chi connectivity index (χ0n) is 52.9. The molecule has 6 heteroatoms. The van der Waals surface area contributed by atoms with Crippen LogP contribution in [0.15, 0.2) is 388 Å². The second-order valence-corrected chi connectivity index (χ2v) is 33.0. The van der Waals surface area contributed by atoms with Gasteiger partial charge < -0.3 is 14.4 Å². The molecule has 96 heavy (non-hydrogen) atoms. The van der Waals surface area contributed by atoms with Crippen LogP contribution in [-0.2, 0) is 0 Å². The number of para-hydroxylation sites is 5. The predicted molar refractivity (Wildman–Crippen MR) is 413 cm³/mol. The molecular weight excluding hydrogens is 1190 g/mol. The molecule has 16 aromatic rings. The highest BCUT2D eigenvalue weighted by Crippen LogP contribution is 2.51. The van der Waals surface area contributed by atoms with Crippen LogP contribution < -0.4 is 67.7 Å². The van der Waals surface area contributed by atoms with Crippen molar-refractivity contribution in [2.75, 3.05) is 9.80 Å². The molecule has 0 spiro atoms. The molecule has 3 heterocycles. The smallest absolute Gasteiger partial charge is 0.252 e. The summed E-state index contributed by atoms with van der Waals surface area (Å²) in [6, 6.07) is 147. The van der Waals surface area contributed by atoms with E-state index in [1.165, 1.54) is 68.7 Å². The van der Waals surface area contributed by atoms with Gasteiger partial charge in [0, 0.05) is 50.3 Å². The van der Waals surface area contributed by atoms with Crippen LogP contribution in [0.25, 0.3) is 49.7 Å². The number of hydrogen-bond acceptors (Lipinski definition) is 2. The normalized spacial score (nSPS) is 12.5. The average Bonchev–Trinajstić information content (AvgIpc) is 0.835. The van der Waals surface area contributed by atoms with E-state index in [-0.39, 0.29) is 6.71 Å². The van der Waals surface area contributed by atoms with E-state index in [4.69, 9.17) is 0 Å². The molecule has 0 saturated carbocycles. The third-order valence-corrected chi connectivity index (χ3v) is 29.9. The van der Waals surface area contributed by atoms with Crippen molar-refractivity contribution in [2.24, 2.45) is 0 Å². The quantitative estimate of drug-likeness (QED) is 0.0842. The first-order valence-corrected chi connectivity index (χ1v) is 37.4. The molecule has 0 aliphatic carbocycles. The van der Waals surface area contributed by atoms with Crippen molar-refractivity contribution in [3.05, 3.63) is 388 Å². The number of nitrogens with zero attached hydrogens (tertiary/aromatic N) is 3. The Balaban J connectivity index is 1.04. The van der Waals surface area contributed by atoms with Crippen LogP contribution in [-0.4, -0.2) is 27.4 Å². The molecule has 0 amide bonds. The standard InChI is InChI=1S/C90H64BN3Si2/c1-9-34-65(35-10-1)77-52-33-53-78(66-36-11-2-12-37-66)90(77)94-86-59-32-28-55-82(86)91-81-54-27-31-58-85(81)93(87-62-68(63-88(94)89(87)91)92-83-56-29-25-50-79(83)80-51-26-30-57-84(80)92)67-60-75(95(69-38-13-3-14-39-69,70-40-15-4-16-41-70)71-42-17-5-18-43-71)64-76(61-67)96(72-44-19-6-20-45-72,73-46-21-7-22-47-73)74-48-23-8-24-49-74/h1-64H. The van der Waals surface area contributed by atoms with Crippen molar-refractivity contribution in [2.45, 2.75) is 0 Å². The van der Waals surface area contributed by atoms with Gasteiger partial charge in [0.05, 0.1) is 22.4 Å². The van der Waals surface area contributed by atoms with Gasteiger partial charge in [0.1, 0.15) is 0 Å². The molecule has 0 saturated heterocycles. The Morgan fingerprint density at radius 3 is 0.948 bits per heavy atom. The summed E-state index contributed by atoms with van der Waals surface area (Å²) in [7, 11) is -6.65. The second kappa shape index (κ2) is 23.6. The van der Waals surface area contributed by atoms with Crippen molar-refractivity contribution in [1.82, 2.24) is 4.57 Å². The average molecular weight is 1250 g/mol. The first-order chi connectivity index (χ1) is 47.7. The Morgan fingerprint density at radius 2 is 0.552 bits per heavy atom. The number of benzene rings is 15. The molecule has 0 fully saturated rings. The number of fused-ring (bicyclic) bond motifs is 7. The van der Waals surface area contributed by atoms with Crippen LogP contribution in [0.1, 0.15) is 0 Å². The van der Waals surface area contributed by atoms with Crippen LogP contribution in [0.2, 0.25) is 0 Å². The van der Waals surface area contributed by atoms with Crippen molar-refractivity contribution >= 4 is 137 Å². The minimum atomic E-state index is -3.32. The van der Waals surface area contributed by atoms with E-state index in [1.54, 1.807) is 0 Å². The Labute approximate surface area is 563 Å². The molecule has 0 atom stereocenters. The maximum absolute atomic E-state index is 3.32. The number of hydrogen-bond donors (Lipinski definition) is 0. The van der Waals surface area contributed by atoms with E-state index >= 15 is 0 Å². The summed E-state index contributed by atoms with van der Waals surface area (Å²) < 4.78 is 2.53. The van der Waals surface area contributed by atoms with E-state index in [0.717, 1.165) is 73.1 Å². The summed E-state index contributed by atoms with van der Waals surface area (Å²) in [5.41, 5.74) is 18.6. The third-order valence-electron chi connectivity index (χ3n) is 20.4. The van der Waals surface area contributed by atoms with Gasteiger partial charge >= 0.3 is 0 Å². The van der Waals surface area contributed by atoms with Gasteiger partial charge in [-0.15, -0.1) is 0 Å². The zero-order chi connectivity index (χ0) is 63.6. The summed E-state index contributed by atoms with van der Waals surface area (Å²) in [5, 5.41) is 13.0. The van der Waals surface area contributed by atoms with Crippen LogP contribution in [0.5, 0.6) is 0 Å². The SMILES string of the molecule is c1ccc(-c2cccc(-c3ccccc3)c2N2c3ccccc3B3c4ccccc4N(c4cc([Si](c5ccccc5)(c5ccccc5)c5ccccc5)cc([Si](c5ccccc5)(c5ccccc5)c5ccccc5)c4)c4cc(-n5c6ccccc6c6ccccc65)cc2c43)cc1. The summed E-state index contributed by atoms with van der Waals surface area (Å²) in [4.78, 5) is 5.35. The topological polar surface area (TPSA) is 11.4 Å². The lowest BCUT2D eigenvalue weighted by molar-refractivity contribution is 1.16. The maximum atomic E-state index is 2.70. The lowest BCUT2D eigenvalue weighted by Gasteiger charge is -2.45. The minimum Gasteiger partial charge on any atom is -0.311 e. The van der Waals surface area contributed by atoms with Crippen LogP contribution in [0.3, 0.4) is 0 Å². The molecular formula is C90H64BN3Si2. The molecule has 15 aromatic carbocycles. The van der Waals surface area contributed by atoms with Crippen LogP contribution in [0.4, 0.5) is 34.1 Å². The lowest BCUT2D eigenvalue weighted by atomic mass is 9.33. The largest absolute Gasteiger partial charge is 0.311 e. The van der Waals surface area contributed by atoms with Crippen molar-refractivity contribution in [1.29, 1.82) is 0 Å². The Hall–Kier alpha value is -11.8. The molecule has 2 aliphatic heterocycles. The monoisotopic (exact) mass is 1250 g/mol. The summed E-state index contributed by atoms with van der Waals surface area (Å²) >= 11 is 0. The maximum Gasteiger partial charge on any atom is 0.252 e. The van der Waals surface area contributed by atoms with Gasteiger partial charge in [-0.3, -0.25) is 0 Å². The van der Waals surface area contributed by atoms with Crippen LogP contribution >= 0.6 is 0 Å². The van der Waals surface area contributed by atoms with Crippen molar-refractivity contribution in [3.63, 3.8) is 0 Å². The highest BCUT2D eigenvalue weighted by Gasteiger charge is 2.49. The molecule has 0 unspecified atom stereocenters. The summed E-state index contributed by atoms with van der Waals surface area (Å²) in [6.45, 7) is -0.147. The second-order valence-electron chi connectivity index (χ2n) is 25.4. The van der Waals surface area contributed by atoms with Gasteiger partial charge in [-0.05, 0) is 118 Å². The Kier molecular flexibility index (Phi) is 14.0. The van der Waals surface area contributed by atoms with Crippen molar-refractivity contribution < 1.29 is 0 Å². The predicted octanol–water partition coefficient (Wildman–Crippen LogP) is 15.0. The highest BCUT2D eigenvalue weighted by atomic mass is 28.3. The lowest BCUT2D eigenvalue weighted by Crippen LogP contribution is -2.78. The molecule has 0 N–H and O–H groups in total. The zero-order valence-corrected chi connectivity index (χ0v) is 54.9. The fourth-order valence-electron chi connectivity index (χ4n) is 16.5. The summed E-state index contributed by atoms with van der Waals surface area (Å²) in [5.74, 6) is 0. The number of anilines is 6. The first-order valence-electron chi connectivity index (χ1n) is 33.4. The Morgan fingerprint density at radius 1 is 0.229 bits per heavy atom. The molecule has 0 radical (unpaired) electrons. The summed E-state index contributed by atoms with van der Waals surface area (Å²) in [6.07, 6.45) is 0. The first kappa shape index (κ1) is 56.9. The third kappa shape index (κ3) is 8.94. The van der Waals surface area contributed by atoms with E-state index < -0.39 is 16.1 Å². The van der Waals surface area contributed by atoms with Gasteiger partial charge in [-0.2, -0.15) is 0 Å². The molecule has 0 bridgehead atoms. The van der Waals surface area contributed by atoms with Gasteiger partial charge in [-0.1, -0.05) is 340 Å². The van der Waals surface area contributed by atoms with Gasteiger partial charge in [-0.25, -0.2) is 0 Å². The van der Waals surface area contributed by atoms with E-state index in [2.05, 4.69) is 403 Å². The van der Waals surface area contributed by atoms with Gasteiger partial charge in [0.2, 0.25) is 0 Å². The van der Waals surface area contributed by atoms with Gasteiger partial charge in [0.15, 0.2) is 16.1 Å². The fraction of sp³-hybridized carbons (Fsp3) is 0. The molecule has 3 nitrogen and oxygen atoms in total. The number of aromatic nitrogens is 1. The molecule has 450 valence electrons. The molecule has 18 rings (SSSR count). The van der Waals surface area contributed by atoms with E-state index in [0.29, 0.717) is 0 Å². The minimum absolute atomic E-state index is 0.147. The highest BCUT2D eigenvalue weighted by molar-refractivity contribution is 7.22. The van der Waals surface area contributed by atoms with E-state index in [9.17, 15) is 0 Å². The Bertz CT molecular complexity index is 5090. The van der Waals surface area contributed by atoms with Crippen molar-refractivity contribution in [3.8, 4) is 27.9 Å². The molecule has 2 aliphatic rings. The molecule has 1 aromatic heterocycles. The van der Waals surface area contributed by atoms with Crippen LogP contribution in [0, 0.1) is 0 Å². The fourth-order valence-corrected chi connectivity index (χ4v) is 26.3. The van der Waals surface area contributed by atoms with E-state index in [1.807, 2.05) is 0 Å². The van der Waals surface area contributed by atoms with Gasteiger partial charge in [0.25, 0.3) is 6.71 Å². The number of rotatable bonds is 13.